The molecule has 92 valence electrons. The average Bonchev–Trinajstić information content (AvgIpc) is 2.76. The number of nitrogens with one attached hydrogen (secondary N) is 2. The molecule has 0 aromatic carbocycles. The number of hydrogen-bond donors (Lipinski definition) is 2. The molecule has 2 N–H and O–H groups in total. The standard InChI is InChI=1S/C11H14N2O4/c14-10(13-8-6-16-7-8)3-4-12-11(15)9-2-1-5-17-9/h1-2,5,8H,3-4,6-7H2,(H,12,15)(H,13,14). The molecule has 0 atom stereocenters. The third kappa shape index (κ3) is 3.32. The van der Waals surface area contributed by atoms with E-state index in [0.29, 0.717) is 19.8 Å². The van der Waals surface area contributed by atoms with Gasteiger partial charge in [-0.3, -0.25) is 9.59 Å². The lowest BCUT2D eigenvalue weighted by atomic mass is 10.2. The minimum atomic E-state index is -0.310. The van der Waals surface area contributed by atoms with Gasteiger partial charge >= 0.3 is 0 Å². The summed E-state index contributed by atoms with van der Waals surface area (Å²) in [5, 5.41) is 5.39. The predicted molar refractivity (Wildman–Crippen MR) is 58.4 cm³/mol. The molecule has 17 heavy (non-hydrogen) atoms. The number of furan rings is 1. The summed E-state index contributed by atoms with van der Waals surface area (Å²) in [5.41, 5.74) is 0. The van der Waals surface area contributed by atoms with Crippen LogP contribution in [0.4, 0.5) is 0 Å². The van der Waals surface area contributed by atoms with Gasteiger partial charge in [-0.2, -0.15) is 0 Å². The zero-order chi connectivity index (χ0) is 12.1. The summed E-state index contributed by atoms with van der Waals surface area (Å²) in [4.78, 5) is 22.8. The number of hydrogen-bond acceptors (Lipinski definition) is 4. The van der Waals surface area contributed by atoms with Gasteiger partial charge in [-0.05, 0) is 12.1 Å². The Morgan fingerprint density at radius 2 is 2.24 bits per heavy atom. The summed E-state index contributed by atoms with van der Waals surface area (Å²) in [5.74, 6) is -0.148. The zero-order valence-electron chi connectivity index (χ0n) is 9.27. The van der Waals surface area contributed by atoms with Crippen molar-refractivity contribution >= 4 is 11.8 Å². The van der Waals surface area contributed by atoms with Crippen LogP contribution >= 0.6 is 0 Å². The Hall–Kier alpha value is -1.82. The lowest BCUT2D eigenvalue weighted by Gasteiger charge is -2.26. The highest BCUT2D eigenvalue weighted by molar-refractivity contribution is 5.91. The molecule has 1 saturated heterocycles. The molecule has 6 nitrogen and oxygen atoms in total. The number of amides is 2. The molecule has 1 aliphatic rings. The van der Waals surface area contributed by atoms with E-state index in [2.05, 4.69) is 10.6 Å². The molecule has 1 aromatic heterocycles. The molecule has 0 saturated carbocycles. The summed E-state index contributed by atoms with van der Waals surface area (Å²) >= 11 is 0. The number of carbonyl (C=O) groups excluding carboxylic acids is 2. The molecule has 1 fully saturated rings. The summed E-state index contributed by atoms with van der Waals surface area (Å²) < 4.78 is 9.85. The van der Waals surface area contributed by atoms with Gasteiger partial charge in [0.05, 0.1) is 25.5 Å². The fourth-order valence-electron chi connectivity index (χ4n) is 1.40. The maximum Gasteiger partial charge on any atom is 0.286 e. The predicted octanol–water partition coefficient (Wildman–Crippen LogP) is -0.0855. The van der Waals surface area contributed by atoms with E-state index >= 15 is 0 Å². The van der Waals surface area contributed by atoms with Crippen molar-refractivity contribution in [3.63, 3.8) is 0 Å². The van der Waals surface area contributed by atoms with Crippen molar-refractivity contribution in [2.75, 3.05) is 19.8 Å². The molecular formula is C11H14N2O4. The van der Waals surface area contributed by atoms with Gasteiger partial charge in [-0.15, -0.1) is 0 Å². The van der Waals surface area contributed by atoms with E-state index in [-0.39, 0.29) is 30.0 Å². The van der Waals surface area contributed by atoms with Crippen molar-refractivity contribution < 1.29 is 18.7 Å². The largest absolute Gasteiger partial charge is 0.459 e. The average molecular weight is 238 g/mol. The van der Waals surface area contributed by atoms with Crippen LogP contribution in [0.2, 0.25) is 0 Å². The van der Waals surface area contributed by atoms with Crippen molar-refractivity contribution in [2.45, 2.75) is 12.5 Å². The van der Waals surface area contributed by atoms with Crippen LogP contribution in [0.1, 0.15) is 17.0 Å². The van der Waals surface area contributed by atoms with Gasteiger partial charge < -0.3 is 19.8 Å². The topological polar surface area (TPSA) is 80.6 Å². The molecule has 2 rings (SSSR count). The zero-order valence-corrected chi connectivity index (χ0v) is 9.27. The maximum absolute atomic E-state index is 11.4. The van der Waals surface area contributed by atoms with E-state index in [1.807, 2.05) is 0 Å². The molecule has 2 amide bonds. The SMILES string of the molecule is O=C(CCNC(=O)c1ccco1)NC1COC1. The molecule has 0 bridgehead atoms. The van der Waals surface area contributed by atoms with E-state index in [1.54, 1.807) is 12.1 Å². The number of rotatable bonds is 5. The van der Waals surface area contributed by atoms with Crippen molar-refractivity contribution in [3.8, 4) is 0 Å². The maximum atomic E-state index is 11.4. The Balaban J connectivity index is 1.62. The van der Waals surface area contributed by atoms with Crippen LogP contribution in [0.15, 0.2) is 22.8 Å². The smallest absolute Gasteiger partial charge is 0.286 e. The lowest BCUT2D eigenvalue weighted by molar-refractivity contribution is -0.125. The molecule has 1 aromatic rings. The second-order valence-electron chi connectivity index (χ2n) is 3.79. The van der Waals surface area contributed by atoms with Gasteiger partial charge in [0.25, 0.3) is 5.91 Å². The van der Waals surface area contributed by atoms with Gasteiger partial charge in [-0.25, -0.2) is 0 Å². The molecule has 1 aliphatic heterocycles. The van der Waals surface area contributed by atoms with Crippen LogP contribution in [-0.4, -0.2) is 37.6 Å². The van der Waals surface area contributed by atoms with Crippen LogP contribution in [0, 0.1) is 0 Å². The third-order valence-electron chi connectivity index (χ3n) is 2.39. The lowest BCUT2D eigenvalue weighted by Crippen LogP contribution is -2.49. The van der Waals surface area contributed by atoms with Crippen molar-refractivity contribution in [1.82, 2.24) is 10.6 Å². The molecule has 0 spiro atoms. The van der Waals surface area contributed by atoms with Crippen LogP contribution in [-0.2, 0) is 9.53 Å². The number of ether oxygens (including phenoxy) is 1. The van der Waals surface area contributed by atoms with Gasteiger partial charge in [0, 0.05) is 13.0 Å². The normalized spacial score (nSPS) is 15.1. The Morgan fingerprint density at radius 1 is 1.41 bits per heavy atom. The minimum absolute atomic E-state index is 0.0851. The van der Waals surface area contributed by atoms with Crippen molar-refractivity contribution in [3.05, 3.63) is 24.2 Å². The Bertz CT molecular complexity index is 384. The number of carbonyl (C=O) groups is 2. The van der Waals surface area contributed by atoms with Crippen LogP contribution in [0.3, 0.4) is 0 Å². The van der Waals surface area contributed by atoms with Crippen LogP contribution in [0.25, 0.3) is 0 Å². The molecular weight excluding hydrogens is 224 g/mol. The fraction of sp³-hybridized carbons (Fsp3) is 0.455. The Labute approximate surface area is 98.3 Å². The van der Waals surface area contributed by atoms with E-state index in [4.69, 9.17) is 9.15 Å². The summed E-state index contributed by atoms with van der Waals surface area (Å²) in [6.07, 6.45) is 1.68. The van der Waals surface area contributed by atoms with Crippen molar-refractivity contribution in [2.24, 2.45) is 0 Å². The minimum Gasteiger partial charge on any atom is -0.459 e. The first-order chi connectivity index (χ1) is 8.25. The molecule has 0 aliphatic carbocycles. The van der Waals surface area contributed by atoms with Crippen LogP contribution in [0.5, 0.6) is 0 Å². The van der Waals surface area contributed by atoms with E-state index in [9.17, 15) is 9.59 Å². The Kier molecular flexibility index (Phi) is 3.77. The highest BCUT2D eigenvalue weighted by Gasteiger charge is 2.20. The van der Waals surface area contributed by atoms with Crippen molar-refractivity contribution in [1.29, 1.82) is 0 Å². The van der Waals surface area contributed by atoms with Gasteiger partial charge in [0.1, 0.15) is 0 Å². The Morgan fingerprint density at radius 3 is 2.82 bits per heavy atom. The van der Waals surface area contributed by atoms with Crippen LogP contribution < -0.4 is 10.6 Å². The van der Waals surface area contributed by atoms with E-state index < -0.39 is 0 Å². The summed E-state index contributed by atoms with van der Waals surface area (Å²) in [7, 11) is 0. The second kappa shape index (κ2) is 5.49. The van der Waals surface area contributed by atoms with Gasteiger partial charge in [-0.1, -0.05) is 0 Å². The third-order valence-corrected chi connectivity index (χ3v) is 2.39. The van der Waals surface area contributed by atoms with E-state index in [0.717, 1.165) is 0 Å². The highest BCUT2D eigenvalue weighted by Crippen LogP contribution is 2.00. The monoisotopic (exact) mass is 238 g/mol. The first-order valence-electron chi connectivity index (χ1n) is 5.44. The molecule has 0 radical (unpaired) electrons. The molecule has 0 unspecified atom stereocenters. The summed E-state index contributed by atoms with van der Waals surface area (Å²) in [6.45, 7) is 1.44. The molecule has 2 heterocycles. The first-order valence-corrected chi connectivity index (χ1v) is 5.44. The van der Waals surface area contributed by atoms with E-state index in [1.165, 1.54) is 6.26 Å². The quantitative estimate of drug-likeness (QED) is 0.751. The first kappa shape index (κ1) is 11.7. The summed E-state index contributed by atoms with van der Waals surface area (Å²) in [6, 6.07) is 3.34. The van der Waals surface area contributed by atoms with Gasteiger partial charge in [0.15, 0.2) is 5.76 Å². The fourth-order valence-corrected chi connectivity index (χ4v) is 1.40. The second-order valence-corrected chi connectivity index (χ2v) is 3.79. The highest BCUT2D eigenvalue weighted by atomic mass is 16.5. The molecule has 6 heteroatoms. The van der Waals surface area contributed by atoms with Gasteiger partial charge in [0.2, 0.25) is 5.91 Å².